The van der Waals surface area contributed by atoms with Gasteiger partial charge in [0.15, 0.2) is 0 Å². The van der Waals surface area contributed by atoms with Crippen LogP contribution in [0.3, 0.4) is 0 Å². The number of likely N-dealkylation sites (tertiary alicyclic amines) is 1. The summed E-state index contributed by atoms with van der Waals surface area (Å²) in [5, 5.41) is 3.24. The zero-order chi connectivity index (χ0) is 17.8. The molecule has 2 saturated heterocycles. The molecule has 2 aromatic heterocycles. The first kappa shape index (κ1) is 17.9. The molecule has 140 valence electrons. The number of thioether (sulfide) groups is 1. The molecule has 2 aliphatic heterocycles. The standard InChI is InChI=1S/C20H28N4OS/c25-20(5-4-17-15-24-10-2-1-3-19(24)21-17)22-16-6-11-23(12-7-16)18-8-13-26-14-9-18/h1-3,10,15-16,18H,4-9,11-14H2,(H,22,25). The summed E-state index contributed by atoms with van der Waals surface area (Å²) in [4.78, 5) is 19.5. The third-order valence-electron chi connectivity index (χ3n) is 5.62. The highest BCUT2D eigenvalue weighted by Gasteiger charge is 2.26. The van der Waals surface area contributed by atoms with Crippen LogP contribution in [0.25, 0.3) is 5.65 Å². The van der Waals surface area contributed by atoms with E-state index in [2.05, 4.69) is 27.0 Å². The minimum absolute atomic E-state index is 0.162. The van der Waals surface area contributed by atoms with E-state index in [9.17, 15) is 4.79 Å². The van der Waals surface area contributed by atoms with Gasteiger partial charge >= 0.3 is 0 Å². The van der Waals surface area contributed by atoms with Gasteiger partial charge in [0, 0.05) is 44.0 Å². The summed E-state index contributed by atoms with van der Waals surface area (Å²) in [6.45, 7) is 2.26. The largest absolute Gasteiger partial charge is 0.353 e. The van der Waals surface area contributed by atoms with Gasteiger partial charge in [-0.3, -0.25) is 4.79 Å². The van der Waals surface area contributed by atoms with Gasteiger partial charge in [-0.25, -0.2) is 4.98 Å². The van der Waals surface area contributed by atoms with Crippen molar-refractivity contribution in [3.63, 3.8) is 0 Å². The van der Waals surface area contributed by atoms with Crippen LogP contribution in [-0.4, -0.2) is 56.9 Å². The average molecular weight is 373 g/mol. The van der Waals surface area contributed by atoms with Crippen LogP contribution in [-0.2, 0) is 11.2 Å². The van der Waals surface area contributed by atoms with Crippen LogP contribution in [0.4, 0.5) is 0 Å². The van der Waals surface area contributed by atoms with Crippen molar-refractivity contribution in [1.29, 1.82) is 0 Å². The number of carbonyl (C=O) groups excluding carboxylic acids is 1. The van der Waals surface area contributed by atoms with Gasteiger partial charge in [0.1, 0.15) is 5.65 Å². The van der Waals surface area contributed by atoms with Crippen molar-refractivity contribution in [2.75, 3.05) is 24.6 Å². The Morgan fingerprint density at radius 2 is 2.00 bits per heavy atom. The second-order valence-electron chi connectivity index (χ2n) is 7.42. The van der Waals surface area contributed by atoms with E-state index in [1.807, 2.05) is 35.0 Å². The number of rotatable bonds is 5. The van der Waals surface area contributed by atoms with Gasteiger partial charge < -0.3 is 14.6 Å². The number of hydrogen-bond acceptors (Lipinski definition) is 4. The molecular formula is C20H28N4OS. The van der Waals surface area contributed by atoms with Crippen molar-refractivity contribution in [3.05, 3.63) is 36.3 Å². The Labute approximate surface area is 159 Å². The Balaban J connectivity index is 1.20. The Morgan fingerprint density at radius 3 is 2.77 bits per heavy atom. The minimum atomic E-state index is 0.162. The molecule has 0 radical (unpaired) electrons. The summed E-state index contributed by atoms with van der Waals surface area (Å²) in [6.07, 6.45) is 10.1. The molecule has 1 amide bonds. The van der Waals surface area contributed by atoms with E-state index < -0.39 is 0 Å². The minimum Gasteiger partial charge on any atom is -0.353 e. The molecule has 0 aliphatic carbocycles. The van der Waals surface area contributed by atoms with Crippen molar-refractivity contribution in [2.45, 2.75) is 50.6 Å². The van der Waals surface area contributed by atoms with Gasteiger partial charge in [-0.15, -0.1) is 0 Å². The van der Waals surface area contributed by atoms with Crippen LogP contribution in [0.5, 0.6) is 0 Å². The molecule has 2 fully saturated rings. The van der Waals surface area contributed by atoms with E-state index in [4.69, 9.17) is 0 Å². The molecular weight excluding hydrogens is 344 g/mol. The topological polar surface area (TPSA) is 49.6 Å². The first-order valence-electron chi connectivity index (χ1n) is 9.82. The van der Waals surface area contributed by atoms with Crippen molar-refractivity contribution in [2.24, 2.45) is 0 Å². The van der Waals surface area contributed by atoms with Crippen LogP contribution in [0, 0.1) is 0 Å². The number of amides is 1. The SMILES string of the molecule is O=C(CCc1cn2ccccc2n1)NC1CCN(C2CCSCC2)CC1. The van der Waals surface area contributed by atoms with Crippen LogP contribution >= 0.6 is 11.8 Å². The third kappa shape index (κ3) is 4.41. The summed E-state index contributed by atoms with van der Waals surface area (Å²) in [5.74, 6) is 2.78. The highest BCUT2D eigenvalue weighted by Crippen LogP contribution is 2.24. The lowest BCUT2D eigenvalue weighted by molar-refractivity contribution is -0.122. The molecule has 26 heavy (non-hydrogen) atoms. The van der Waals surface area contributed by atoms with E-state index in [1.54, 1.807) is 0 Å². The number of aromatic nitrogens is 2. The van der Waals surface area contributed by atoms with Crippen molar-refractivity contribution in [1.82, 2.24) is 19.6 Å². The van der Waals surface area contributed by atoms with Crippen molar-refractivity contribution < 1.29 is 4.79 Å². The summed E-state index contributed by atoms with van der Waals surface area (Å²) in [7, 11) is 0. The van der Waals surface area contributed by atoms with E-state index >= 15 is 0 Å². The summed E-state index contributed by atoms with van der Waals surface area (Å²) in [6, 6.07) is 7.09. The van der Waals surface area contributed by atoms with Gasteiger partial charge in [0.2, 0.25) is 5.91 Å². The maximum Gasteiger partial charge on any atom is 0.220 e. The molecule has 1 N–H and O–H groups in total. The molecule has 0 aromatic carbocycles. The molecule has 4 heterocycles. The van der Waals surface area contributed by atoms with Crippen molar-refractivity contribution in [3.8, 4) is 0 Å². The van der Waals surface area contributed by atoms with Gasteiger partial charge in [-0.1, -0.05) is 6.07 Å². The molecule has 0 unspecified atom stereocenters. The molecule has 0 saturated carbocycles. The molecule has 4 rings (SSSR count). The van der Waals surface area contributed by atoms with E-state index in [1.165, 1.54) is 24.3 Å². The third-order valence-corrected chi connectivity index (χ3v) is 6.67. The number of hydrogen-bond donors (Lipinski definition) is 1. The fourth-order valence-electron chi connectivity index (χ4n) is 4.11. The number of nitrogens with zero attached hydrogens (tertiary/aromatic N) is 3. The zero-order valence-electron chi connectivity index (χ0n) is 15.3. The summed E-state index contributed by atoms with van der Waals surface area (Å²) in [5.41, 5.74) is 1.92. The maximum atomic E-state index is 12.3. The van der Waals surface area contributed by atoms with Crippen LogP contribution in [0.2, 0.25) is 0 Å². The predicted molar refractivity (Wildman–Crippen MR) is 107 cm³/mol. The average Bonchev–Trinajstić information content (AvgIpc) is 3.11. The quantitative estimate of drug-likeness (QED) is 0.877. The molecule has 0 bridgehead atoms. The highest BCUT2D eigenvalue weighted by atomic mass is 32.2. The van der Waals surface area contributed by atoms with Crippen molar-refractivity contribution >= 4 is 23.3 Å². The molecule has 2 aromatic rings. The normalized spacial score (nSPS) is 20.5. The van der Waals surface area contributed by atoms with Crippen LogP contribution < -0.4 is 5.32 Å². The van der Waals surface area contributed by atoms with E-state index in [0.717, 1.165) is 43.3 Å². The number of imidazole rings is 1. The highest BCUT2D eigenvalue weighted by molar-refractivity contribution is 7.99. The maximum absolute atomic E-state index is 12.3. The van der Waals surface area contributed by atoms with E-state index in [-0.39, 0.29) is 5.91 Å². The first-order chi connectivity index (χ1) is 12.8. The monoisotopic (exact) mass is 372 g/mol. The Kier molecular flexibility index (Phi) is 5.80. The molecule has 0 atom stereocenters. The molecule has 0 spiro atoms. The summed E-state index contributed by atoms with van der Waals surface area (Å²) >= 11 is 2.09. The second-order valence-corrected chi connectivity index (χ2v) is 8.64. The fourth-order valence-corrected chi connectivity index (χ4v) is 5.19. The van der Waals surface area contributed by atoms with Gasteiger partial charge in [-0.05, 0) is 55.7 Å². The predicted octanol–water partition coefficient (Wildman–Crippen LogP) is 2.74. The number of piperidine rings is 1. The Bertz CT molecular complexity index is 699. The second kappa shape index (κ2) is 8.44. The molecule has 2 aliphatic rings. The Hall–Kier alpha value is -1.53. The number of nitrogens with one attached hydrogen (secondary N) is 1. The number of aryl methyl sites for hydroxylation is 1. The number of pyridine rings is 1. The zero-order valence-corrected chi connectivity index (χ0v) is 16.1. The lowest BCUT2D eigenvalue weighted by Gasteiger charge is -2.39. The van der Waals surface area contributed by atoms with E-state index in [0.29, 0.717) is 18.9 Å². The van der Waals surface area contributed by atoms with Crippen LogP contribution in [0.1, 0.15) is 37.8 Å². The molecule has 5 nitrogen and oxygen atoms in total. The molecule has 6 heteroatoms. The summed E-state index contributed by atoms with van der Waals surface area (Å²) < 4.78 is 2.01. The lowest BCUT2D eigenvalue weighted by atomic mass is 10.0. The van der Waals surface area contributed by atoms with Gasteiger partial charge in [-0.2, -0.15) is 11.8 Å². The van der Waals surface area contributed by atoms with Crippen LogP contribution in [0.15, 0.2) is 30.6 Å². The number of fused-ring (bicyclic) bond motifs is 1. The van der Waals surface area contributed by atoms with Gasteiger partial charge in [0.25, 0.3) is 0 Å². The smallest absolute Gasteiger partial charge is 0.220 e. The fraction of sp³-hybridized carbons (Fsp3) is 0.600. The number of carbonyl (C=O) groups is 1. The Morgan fingerprint density at radius 1 is 1.19 bits per heavy atom. The van der Waals surface area contributed by atoms with Gasteiger partial charge in [0.05, 0.1) is 5.69 Å². The lowest BCUT2D eigenvalue weighted by Crippen LogP contribution is -2.48. The first-order valence-corrected chi connectivity index (χ1v) is 11.0.